The number of nitrogens with zero attached hydrogens (tertiary/aromatic N) is 1. The number of methoxy groups -OCH3 is 1. The molecule has 3 aromatic carbocycles. The lowest BCUT2D eigenvalue weighted by atomic mass is 10.0. The van der Waals surface area contributed by atoms with Gasteiger partial charge in [0, 0.05) is 18.7 Å². The van der Waals surface area contributed by atoms with Gasteiger partial charge in [-0.2, -0.15) is 0 Å². The summed E-state index contributed by atoms with van der Waals surface area (Å²) < 4.78 is 5.41. The van der Waals surface area contributed by atoms with Gasteiger partial charge in [0.15, 0.2) is 0 Å². The lowest BCUT2D eigenvalue weighted by Crippen LogP contribution is -2.30. The predicted molar refractivity (Wildman–Crippen MR) is 113 cm³/mol. The van der Waals surface area contributed by atoms with E-state index in [0.717, 1.165) is 22.4 Å². The third-order valence-corrected chi connectivity index (χ3v) is 4.61. The number of hydrogen-bond donors (Lipinski definition) is 0. The molecule has 0 atom stereocenters. The minimum absolute atomic E-state index is 0.000622. The number of benzene rings is 3. The van der Waals surface area contributed by atoms with E-state index in [0.29, 0.717) is 25.1 Å². The van der Waals surface area contributed by atoms with E-state index < -0.39 is 0 Å². The Hall–Kier alpha value is -3.33. The van der Waals surface area contributed by atoms with Crippen molar-refractivity contribution >= 4 is 5.91 Å². The third-order valence-electron chi connectivity index (χ3n) is 4.61. The van der Waals surface area contributed by atoms with Crippen LogP contribution >= 0.6 is 0 Å². The van der Waals surface area contributed by atoms with Crippen molar-refractivity contribution in [3.05, 3.63) is 114 Å². The highest BCUT2D eigenvalue weighted by Gasteiger charge is 2.18. The molecule has 0 aliphatic carbocycles. The van der Waals surface area contributed by atoms with E-state index in [4.69, 9.17) is 4.74 Å². The van der Waals surface area contributed by atoms with E-state index in [9.17, 15) is 4.79 Å². The number of rotatable bonds is 8. The second-order valence-electron chi connectivity index (χ2n) is 6.65. The first-order valence-electron chi connectivity index (χ1n) is 9.36. The highest BCUT2D eigenvalue weighted by atomic mass is 16.5. The zero-order valence-electron chi connectivity index (χ0n) is 16.2. The van der Waals surface area contributed by atoms with Crippen LogP contribution in [0.5, 0.6) is 5.75 Å². The Morgan fingerprint density at radius 3 is 2.00 bits per heavy atom. The molecule has 28 heavy (non-hydrogen) atoms. The monoisotopic (exact) mass is 371 g/mol. The molecule has 0 unspecified atom stereocenters. The molecule has 0 N–H and O–H groups in total. The normalized spacial score (nSPS) is 10.3. The maximum Gasteiger partial charge on any atom is 0.254 e. The van der Waals surface area contributed by atoms with Gasteiger partial charge in [-0.25, -0.2) is 0 Å². The molecule has 3 aromatic rings. The van der Waals surface area contributed by atoms with Crippen LogP contribution in [0.15, 0.2) is 91.5 Å². The van der Waals surface area contributed by atoms with E-state index >= 15 is 0 Å². The van der Waals surface area contributed by atoms with Gasteiger partial charge < -0.3 is 9.64 Å². The number of carbonyl (C=O) groups excluding carboxylic acids is 1. The zero-order chi connectivity index (χ0) is 19.8. The zero-order valence-corrected chi connectivity index (χ0v) is 16.2. The van der Waals surface area contributed by atoms with Crippen LogP contribution in [0.25, 0.3) is 0 Å². The van der Waals surface area contributed by atoms with Crippen LogP contribution in [0.1, 0.15) is 27.0 Å². The highest BCUT2D eigenvalue weighted by molar-refractivity contribution is 5.94. The molecular formula is C25H25NO2. The molecular weight excluding hydrogens is 346 g/mol. The fourth-order valence-electron chi connectivity index (χ4n) is 3.22. The van der Waals surface area contributed by atoms with Crippen LogP contribution < -0.4 is 4.74 Å². The molecule has 0 radical (unpaired) electrons. The summed E-state index contributed by atoms with van der Waals surface area (Å²) in [6.45, 7) is 4.91. The van der Waals surface area contributed by atoms with E-state index in [1.165, 1.54) is 0 Å². The fourth-order valence-corrected chi connectivity index (χ4v) is 3.22. The summed E-state index contributed by atoms with van der Waals surface area (Å²) in [6, 6.07) is 25.7. The molecule has 0 spiro atoms. The Balaban J connectivity index is 1.91. The minimum atomic E-state index is 0.000622. The summed E-state index contributed by atoms with van der Waals surface area (Å²) in [7, 11) is 1.64. The van der Waals surface area contributed by atoms with E-state index in [2.05, 4.69) is 6.58 Å². The van der Waals surface area contributed by atoms with E-state index in [1.54, 1.807) is 7.11 Å². The largest absolute Gasteiger partial charge is 0.496 e. The Morgan fingerprint density at radius 1 is 0.929 bits per heavy atom. The fraction of sp³-hybridized carbons (Fsp3) is 0.160. The second-order valence-corrected chi connectivity index (χ2v) is 6.65. The SMILES string of the molecule is C=CCc1cc(C(=O)N(Cc2ccccc2)Cc2ccccc2)ccc1OC. The molecule has 142 valence electrons. The summed E-state index contributed by atoms with van der Waals surface area (Å²) in [5.41, 5.74) is 3.82. The maximum absolute atomic E-state index is 13.4. The maximum atomic E-state index is 13.4. The standard InChI is InChI=1S/C25H25NO2/c1-3-10-22-17-23(15-16-24(22)28-2)25(27)26(18-20-11-6-4-7-12-20)19-21-13-8-5-9-14-21/h3-9,11-17H,1,10,18-19H2,2H3. The summed E-state index contributed by atoms with van der Waals surface area (Å²) in [5, 5.41) is 0. The molecule has 1 amide bonds. The van der Waals surface area contributed by atoms with Crippen molar-refractivity contribution < 1.29 is 9.53 Å². The van der Waals surface area contributed by atoms with Crippen LogP contribution in [0.4, 0.5) is 0 Å². The molecule has 3 heteroatoms. The Morgan fingerprint density at radius 2 is 1.50 bits per heavy atom. The third kappa shape index (κ3) is 4.89. The number of allylic oxidation sites excluding steroid dienone is 1. The second kappa shape index (κ2) is 9.56. The van der Waals surface area contributed by atoms with Crippen molar-refractivity contribution in [1.29, 1.82) is 0 Å². The van der Waals surface area contributed by atoms with Crippen molar-refractivity contribution in [2.75, 3.05) is 7.11 Å². The molecule has 3 rings (SSSR count). The van der Waals surface area contributed by atoms with Gasteiger partial charge in [-0.1, -0.05) is 66.7 Å². The van der Waals surface area contributed by atoms with Gasteiger partial charge in [0.1, 0.15) is 5.75 Å². The minimum Gasteiger partial charge on any atom is -0.496 e. The Labute approximate surface area is 166 Å². The Bertz CT molecular complexity index is 878. The average Bonchev–Trinajstić information content (AvgIpc) is 2.74. The first-order chi connectivity index (χ1) is 13.7. The van der Waals surface area contributed by atoms with Gasteiger partial charge >= 0.3 is 0 Å². The predicted octanol–water partition coefficient (Wildman–Crippen LogP) is 5.27. The molecule has 0 aliphatic heterocycles. The van der Waals surface area contributed by atoms with Crippen molar-refractivity contribution in [3.8, 4) is 5.75 Å². The number of hydrogen-bond acceptors (Lipinski definition) is 2. The van der Waals surface area contributed by atoms with Crippen LogP contribution in [0.2, 0.25) is 0 Å². The number of carbonyl (C=O) groups is 1. The molecule has 0 fully saturated rings. The van der Waals surface area contributed by atoms with Gasteiger partial charge in [0.25, 0.3) is 5.91 Å². The number of ether oxygens (including phenoxy) is 1. The van der Waals surface area contributed by atoms with Gasteiger partial charge in [-0.3, -0.25) is 4.79 Å². The van der Waals surface area contributed by atoms with Gasteiger partial charge in [-0.15, -0.1) is 6.58 Å². The van der Waals surface area contributed by atoms with Gasteiger partial charge in [-0.05, 0) is 41.3 Å². The van der Waals surface area contributed by atoms with E-state index in [1.807, 2.05) is 89.8 Å². The first-order valence-corrected chi connectivity index (χ1v) is 9.36. The molecule has 0 bridgehead atoms. The first kappa shape index (κ1) is 19.4. The summed E-state index contributed by atoms with van der Waals surface area (Å²) in [4.78, 5) is 15.2. The molecule has 0 heterocycles. The number of amides is 1. The quantitative estimate of drug-likeness (QED) is 0.505. The van der Waals surface area contributed by atoms with Crippen LogP contribution in [0, 0.1) is 0 Å². The summed E-state index contributed by atoms with van der Waals surface area (Å²) in [6.07, 6.45) is 2.47. The van der Waals surface area contributed by atoms with Crippen molar-refractivity contribution in [3.63, 3.8) is 0 Å². The summed E-state index contributed by atoms with van der Waals surface area (Å²) >= 11 is 0. The Kier molecular flexibility index (Phi) is 6.64. The van der Waals surface area contributed by atoms with E-state index in [-0.39, 0.29) is 5.91 Å². The van der Waals surface area contributed by atoms with Crippen molar-refractivity contribution in [2.24, 2.45) is 0 Å². The van der Waals surface area contributed by atoms with Gasteiger partial charge in [0.2, 0.25) is 0 Å². The van der Waals surface area contributed by atoms with Crippen LogP contribution in [-0.4, -0.2) is 17.9 Å². The van der Waals surface area contributed by atoms with Crippen molar-refractivity contribution in [2.45, 2.75) is 19.5 Å². The highest BCUT2D eigenvalue weighted by Crippen LogP contribution is 2.23. The van der Waals surface area contributed by atoms with Gasteiger partial charge in [0.05, 0.1) is 7.11 Å². The van der Waals surface area contributed by atoms with Crippen LogP contribution in [-0.2, 0) is 19.5 Å². The molecule has 0 aromatic heterocycles. The average molecular weight is 371 g/mol. The van der Waals surface area contributed by atoms with Crippen molar-refractivity contribution in [1.82, 2.24) is 4.90 Å². The topological polar surface area (TPSA) is 29.5 Å². The lowest BCUT2D eigenvalue weighted by Gasteiger charge is -2.24. The summed E-state index contributed by atoms with van der Waals surface area (Å²) in [5.74, 6) is 0.773. The lowest BCUT2D eigenvalue weighted by molar-refractivity contribution is 0.0730. The van der Waals surface area contributed by atoms with Crippen LogP contribution in [0.3, 0.4) is 0 Å². The molecule has 0 aliphatic rings. The molecule has 3 nitrogen and oxygen atoms in total. The smallest absolute Gasteiger partial charge is 0.254 e. The molecule has 0 saturated carbocycles. The molecule has 0 saturated heterocycles.